The van der Waals surface area contributed by atoms with Crippen LogP contribution in [0.3, 0.4) is 0 Å². The Balaban J connectivity index is 2.22. The molecule has 0 radical (unpaired) electrons. The SMILES string of the molecule is O=C(Nc1ccc(Br)cc1O)c1ccoc1Cl. The number of carbonyl (C=O) groups is 1. The highest BCUT2D eigenvalue weighted by atomic mass is 79.9. The van der Waals surface area contributed by atoms with Crippen molar-refractivity contribution in [2.24, 2.45) is 0 Å². The van der Waals surface area contributed by atoms with E-state index in [1.807, 2.05) is 0 Å². The summed E-state index contributed by atoms with van der Waals surface area (Å²) in [6, 6.07) is 6.21. The third-order valence-electron chi connectivity index (χ3n) is 2.07. The lowest BCUT2D eigenvalue weighted by Gasteiger charge is -2.06. The fourth-order valence-corrected chi connectivity index (χ4v) is 1.81. The van der Waals surface area contributed by atoms with Gasteiger partial charge in [0.25, 0.3) is 5.91 Å². The van der Waals surface area contributed by atoms with Gasteiger partial charge in [0.15, 0.2) is 0 Å². The maximum Gasteiger partial charge on any atom is 0.260 e. The number of rotatable bonds is 2. The molecule has 0 saturated heterocycles. The molecule has 0 fully saturated rings. The monoisotopic (exact) mass is 315 g/mol. The fourth-order valence-electron chi connectivity index (χ4n) is 1.26. The van der Waals surface area contributed by atoms with E-state index in [1.54, 1.807) is 12.1 Å². The highest BCUT2D eigenvalue weighted by Crippen LogP contribution is 2.28. The lowest BCUT2D eigenvalue weighted by molar-refractivity contribution is 0.102. The van der Waals surface area contributed by atoms with Gasteiger partial charge in [-0.2, -0.15) is 0 Å². The van der Waals surface area contributed by atoms with Crippen LogP contribution in [-0.2, 0) is 0 Å². The van der Waals surface area contributed by atoms with Crippen molar-refractivity contribution in [3.8, 4) is 5.75 Å². The molecule has 0 aliphatic rings. The van der Waals surface area contributed by atoms with E-state index in [9.17, 15) is 9.90 Å². The van der Waals surface area contributed by atoms with E-state index in [-0.39, 0.29) is 16.5 Å². The largest absolute Gasteiger partial charge is 0.506 e. The number of hydrogen-bond acceptors (Lipinski definition) is 3. The Morgan fingerprint density at radius 2 is 2.18 bits per heavy atom. The number of phenols is 1. The van der Waals surface area contributed by atoms with Gasteiger partial charge in [0.05, 0.1) is 17.5 Å². The van der Waals surface area contributed by atoms with E-state index in [0.717, 1.165) is 0 Å². The molecule has 0 aliphatic heterocycles. The van der Waals surface area contributed by atoms with Crippen LogP contribution in [-0.4, -0.2) is 11.0 Å². The Morgan fingerprint density at radius 3 is 2.76 bits per heavy atom. The molecular weight excluding hydrogens is 309 g/mol. The lowest BCUT2D eigenvalue weighted by atomic mass is 10.2. The molecule has 0 unspecified atom stereocenters. The Bertz CT molecular complexity index is 568. The number of aromatic hydroxyl groups is 1. The molecule has 0 bridgehead atoms. The summed E-state index contributed by atoms with van der Waals surface area (Å²) in [5.41, 5.74) is 0.518. The average molecular weight is 317 g/mol. The zero-order valence-electron chi connectivity index (χ0n) is 8.41. The third kappa shape index (κ3) is 2.62. The summed E-state index contributed by atoms with van der Waals surface area (Å²) in [5, 5.41) is 12.1. The minimum atomic E-state index is -0.443. The number of phenolic OH excluding ortho intramolecular Hbond substituents is 1. The van der Waals surface area contributed by atoms with Crippen molar-refractivity contribution in [1.82, 2.24) is 0 Å². The highest BCUT2D eigenvalue weighted by molar-refractivity contribution is 9.10. The van der Waals surface area contributed by atoms with Crippen LogP contribution in [0.4, 0.5) is 5.69 Å². The zero-order chi connectivity index (χ0) is 12.4. The molecule has 0 atom stereocenters. The van der Waals surface area contributed by atoms with Crippen LogP contribution in [0.15, 0.2) is 39.4 Å². The number of hydrogen-bond donors (Lipinski definition) is 2. The van der Waals surface area contributed by atoms with Gasteiger partial charge < -0.3 is 14.8 Å². The van der Waals surface area contributed by atoms with Crippen LogP contribution in [0, 0.1) is 0 Å². The summed E-state index contributed by atoms with van der Waals surface area (Å²) >= 11 is 8.87. The molecule has 17 heavy (non-hydrogen) atoms. The smallest absolute Gasteiger partial charge is 0.260 e. The first-order valence-corrected chi connectivity index (χ1v) is 5.78. The molecule has 6 heteroatoms. The molecule has 1 aromatic carbocycles. The van der Waals surface area contributed by atoms with Gasteiger partial charge in [-0.1, -0.05) is 15.9 Å². The standard InChI is InChI=1S/C11H7BrClNO3/c12-6-1-2-8(9(15)5-6)14-11(16)7-3-4-17-10(7)13/h1-5,15H,(H,14,16). The predicted octanol–water partition coefficient (Wildman–Crippen LogP) is 3.65. The lowest BCUT2D eigenvalue weighted by Crippen LogP contribution is -2.11. The van der Waals surface area contributed by atoms with Crippen molar-refractivity contribution in [3.63, 3.8) is 0 Å². The summed E-state index contributed by atoms with van der Waals surface area (Å²) in [6.45, 7) is 0. The van der Waals surface area contributed by atoms with Crippen LogP contribution in [0.25, 0.3) is 0 Å². The average Bonchev–Trinajstić information content (AvgIpc) is 2.68. The molecule has 2 aromatic rings. The van der Waals surface area contributed by atoms with Crippen LogP contribution >= 0.6 is 27.5 Å². The summed E-state index contributed by atoms with van der Waals surface area (Å²) in [4.78, 5) is 11.8. The van der Waals surface area contributed by atoms with Crippen LogP contribution in [0.5, 0.6) is 5.75 Å². The number of carbonyl (C=O) groups excluding carboxylic acids is 1. The second-order valence-electron chi connectivity index (χ2n) is 3.22. The first kappa shape index (κ1) is 12.0. The number of amides is 1. The van der Waals surface area contributed by atoms with Gasteiger partial charge in [-0.05, 0) is 35.9 Å². The zero-order valence-corrected chi connectivity index (χ0v) is 10.7. The van der Waals surface area contributed by atoms with Crippen molar-refractivity contribution >= 4 is 39.1 Å². The van der Waals surface area contributed by atoms with Crippen molar-refractivity contribution in [1.29, 1.82) is 0 Å². The van der Waals surface area contributed by atoms with Gasteiger partial charge in [-0.25, -0.2) is 0 Å². The Morgan fingerprint density at radius 1 is 1.41 bits per heavy atom. The minimum Gasteiger partial charge on any atom is -0.506 e. The van der Waals surface area contributed by atoms with E-state index in [0.29, 0.717) is 10.2 Å². The summed E-state index contributed by atoms with van der Waals surface area (Å²) < 4.78 is 5.52. The molecule has 4 nitrogen and oxygen atoms in total. The first-order chi connectivity index (χ1) is 8.08. The topological polar surface area (TPSA) is 62.5 Å². The van der Waals surface area contributed by atoms with Gasteiger partial charge in [0, 0.05) is 4.47 Å². The molecule has 2 rings (SSSR count). The van der Waals surface area contributed by atoms with Crippen molar-refractivity contribution in [3.05, 3.63) is 45.8 Å². The molecule has 1 amide bonds. The number of halogens is 2. The van der Waals surface area contributed by atoms with E-state index in [1.165, 1.54) is 18.4 Å². The van der Waals surface area contributed by atoms with Gasteiger partial charge in [-0.3, -0.25) is 4.79 Å². The van der Waals surface area contributed by atoms with Gasteiger partial charge >= 0.3 is 0 Å². The third-order valence-corrected chi connectivity index (χ3v) is 2.86. The Kier molecular flexibility index (Phi) is 3.40. The second kappa shape index (κ2) is 4.81. The maximum atomic E-state index is 11.8. The van der Waals surface area contributed by atoms with Gasteiger partial charge in [0.2, 0.25) is 5.22 Å². The summed E-state index contributed by atoms with van der Waals surface area (Å²) in [6.07, 6.45) is 1.32. The minimum absolute atomic E-state index is 0.0131. The molecule has 88 valence electrons. The van der Waals surface area contributed by atoms with Crippen LogP contribution in [0.2, 0.25) is 5.22 Å². The predicted molar refractivity (Wildman–Crippen MR) is 67.5 cm³/mol. The molecule has 2 N–H and O–H groups in total. The first-order valence-electron chi connectivity index (χ1n) is 4.61. The van der Waals surface area contributed by atoms with E-state index in [2.05, 4.69) is 21.2 Å². The van der Waals surface area contributed by atoms with E-state index < -0.39 is 5.91 Å². The van der Waals surface area contributed by atoms with E-state index in [4.69, 9.17) is 16.0 Å². The normalized spacial score (nSPS) is 10.2. The molecular formula is C11H7BrClNO3. The van der Waals surface area contributed by atoms with Crippen molar-refractivity contribution < 1.29 is 14.3 Å². The number of nitrogens with one attached hydrogen (secondary N) is 1. The maximum absolute atomic E-state index is 11.8. The van der Waals surface area contributed by atoms with E-state index >= 15 is 0 Å². The highest BCUT2D eigenvalue weighted by Gasteiger charge is 2.14. The molecule has 1 heterocycles. The second-order valence-corrected chi connectivity index (χ2v) is 4.48. The number of benzene rings is 1. The Hall–Kier alpha value is -1.46. The quantitative estimate of drug-likeness (QED) is 0.831. The number of anilines is 1. The van der Waals surface area contributed by atoms with Crippen LogP contribution in [0.1, 0.15) is 10.4 Å². The van der Waals surface area contributed by atoms with Crippen molar-refractivity contribution in [2.75, 3.05) is 5.32 Å². The summed E-state index contributed by atoms with van der Waals surface area (Å²) in [7, 11) is 0. The summed E-state index contributed by atoms with van der Waals surface area (Å²) in [5.74, 6) is -0.478. The Labute approximate surface area is 110 Å². The van der Waals surface area contributed by atoms with Gasteiger partial charge in [-0.15, -0.1) is 0 Å². The fraction of sp³-hybridized carbons (Fsp3) is 0. The van der Waals surface area contributed by atoms with Gasteiger partial charge in [0.1, 0.15) is 5.75 Å². The van der Waals surface area contributed by atoms with Crippen molar-refractivity contribution in [2.45, 2.75) is 0 Å². The van der Waals surface area contributed by atoms with Crippen LogP contribution < -0.4 is 5.32 Å². The molecule has 1 aromatic heterocycles. The molecule has 0 saturated carbocycles. The molecule has 0 aliphatic carbocycles. The molecule has 0 spiro atoms. The number of furan rings is 1.